The zero-order valence-electron chi connectivity index (χ0n) is 7.77. The van der Waals surface area contributed by atoms with Gasteiger partial charge in [-0.25, -0.2) is 4.39 Å². The monoisotopic (exact) mass is 201 g/mol. The summed E-state index contributed by atoms with van der Waals surface area (Å²) in [5, 5.41) is 0.151. The fourth-order valence-corrected chi connectivity index (χ4v) is 1.29. The Balaban J connectivity index is 2.86. The van der Waals surface area contributed by atoms with E-state index < -0.39 is 0 Å². The van der Waals surface area contributed by atoms with Crippen LogP contribution < -0.4 is 5.73 Å². The lowest BCUT2D eigenvalue weighted by Gasteiger charge is -2.18. The molecule has 0 aromatic heterocycles. The van der Waals surface area contributed by atoms with Crippen LogP contribution in [0.5, 0.6) is 0 Å². The molecule has 0 fully saturated rings. The SMILES string of the molecule is CC(C)(N)Cc1ccc(Cl)c(F)c1. The summed E-state index contributed by atoms with van der Waals surface area (Å²) in [5.41, 5.74) is 6.35. The van der Waals surface area contributed by atoms with Crippen molar-refractivity contribution in [1.82, 2.24) is 0 Å². The van der Waals surface area contributed by atoms with Crippen molar-refractivity contribution >= 4 is 11.6 Å². The molecule has 1 aromatic carbocycles. The van der Waals surface area contributed by atoms with Crippen molar-refractivity contribution in [3.05, 3.63) is 34.6 Å². The van der Waals surface area contributed by atoms with Crippen molar-refractivity contribution < 1.29 is 4.39 Å². The number of hydrogen-bond donors (Lipinski definition) is 1. The molecule has 0 amide bonds. The van der Waals surface area contributed by atoms with Crippen LogP contribution in [0, 0.1) is 5.82 Å². The van der Waals surface area contributed by atoms with Gasteiger partial charge in [0.15, 0.2) is 0 Å². The molecule has 13 heavy (non-hydrogen) atoms. The summed E-state index contributed by atoms with van der Waals surface area (Å²) in [4.78, 5) is 0. The van der Waals surface area contributed by atoms with Gasteiger partial charge in [-0.05, 0) is 38.0 Å². The average molecular weight is 202 g/mol. The fraction of sp³-hybridized carbons (Fsp3) is 0.400. The van der Waals surface area contributed by atoms with Gasteiger partial charge < -0.3 is 5.73 Å². The predicted octanol–water partition coefficient (Wildman–Crippen LogP) is 2.76. The summed E-state index contributed by atoms with van der Waals surface area (Å²) in [5.74, 6) is -0.386. The number of rotatable bonds is 2. The summed E-state index contributed by atoms with van der Waals surface area (Å²) in [7, 11) is 0. The molecular weight excluding hydrogens is 189 g/mol. The molecule has 0 saturated carbocycles. The Kier molecular flexibility index (Phi) is 2.94. The van der Waals surface area contributed by atoms with Gasteiger partial charge in [0.05, 0.1) is 5.02 Å². The van der Waals surface area contributed by atoms with E-state index in [2.05, 4.69) is 0 Å². The fourth-order valence-electron chi connectivity index (χ4n) is 1.18. The zero-order valence-corrected chi connectivity index (χ0v) is 8.53. The molecule has 72 valence electrons. The van der Waals surface area contributed by atoms with E-state index in [1.165, 1.54) is 6.07 Å². The number of benzene rings is 1. The smallest absolute Gasteiger partial charge is 0.142 e. The van der Waals surface area contributed by atoms with E-state index in [1.54, 1.807) is 12.1 Å². The minimum Gasteiger partial charge on any atom is -0.325 e. The molecule has 0 spiro atoms. The molecule has 0 bridgehead atoms. The van der Waals surface area contributed by atoms with Crippen molar-refractivity contribution in [2.24, 2.45) is 5.73 Å². The molecule has 1 rings (SSSR count). The first-order chi connectivity index (χ1) is 5.88. The largest absolute Gasteiger partial charge is 0.325 e. The van der Waals surface area contributed by atoms with Crippen molar-refractivity contribution in [3.63, 3.8) is 0 Å². The van der Waals surface area contributed by atoms with Crippen LogP contribution in [0.3, 0.4) is 0 Å². The Bertz CT molecular complexity index is 304. The highest BCUT2D eigenvalue weighted by Crippen LogP contribution is 2.18. The lowest BCUT2D eigenvalue weighted by molar-refractivity contribution is 0.514. The van der Waals surface area contributed by atoms with Gasteiger partial charge in [0.25, 0.3) is 0 Å². The Morgan fingerprint density at radius 1 is 1.46 bits per heavy atom. The quantitative estimate of drug-likeness (QED) is 0.783. The van der Waals surface area contributed by atoms with Crippen molar-refractivity contribution in [2.45, 2.75) is 25.8 Å². The van der Waals surface area contributed by atoms with E-state index in [9.17, 15) is 4.39 Å². The van der Waals surface area contributed by atoms with E-state index in [0.717, 1.165) is 5.56 Å². The molecule has 0 radical (unpaired) electrons. The first-order valence-electron chi connectivity index (χ1n) is 4.11. The van der Waals surface area contributed by atoms with Crippen LogP contribution in [0.1, 0.15) is 19.4 Å². The number of halogens is 2. The second-order valence-corrected chi connectivity index (χ2v) is 4.32. The first-order valence-corrected chi connectivity index (χ1v) is 4.49. The Morgan fingerprint density at radius 2 is 2.08 bits per heavy atom. The molecule has 0 aliphatic heterocycles. The summed E-state index contributed by atoms with van der Waals surface area (Å²) >= 11 is 5.55. The molecule has 1 nitrogen and oxygen atoms in total. The van der Waals surface area contributed by atoms with Crippen LogP contribution in [-0.4, -0.2) is 5.54 Å². The van der Waals surface area contributed by atoms with Crippen LogP contribution in [-0.2, 0) is 6.42 Å². The second-order valence-electron chi connectivity index (χ2n) is 3.91. The molecule has 0 atom stereocenters. The van der Waals surface area contributed by atoms with Gasteiger partial charge in [0.1, 0.15) is 5.82 Å². The van der Waals surface area contributed by atoms with E-state index >= 15 is 0 Å². The van der Waals surface area contributed by atoms with Crippen LogP contribution in [0.4, 0.5) is 4.39 Å². The van der Waals surface area contributed by atoms with Crippen LogP contribution in [0.15, 0.2) is 18.2 Å². The first kappa shape index (κ1) is 10.5. The molecule has 0 heterocycles. The molecule has 0 aliphatic carbocycles. The lowest BCUT2D eigenvalue weighted by atomic mass is 9.96. The summed E-state index contributed by atoms with van der Waals surface area (Å²) in [6.07, 6.45) is 0.640. The van der Waals surface area contributed by atoms with Crippen LogP contribution >= 0.6 is 11.6 Å². The molecule has 3 heteroatoms. The highest BCUT2D eigenvalue weighted by atomic mass is 35.5. The average Bonchev–Trinajstić information content (AvgIpc) is 1.94. The molecule has 1 aromatic rings. The topological polar surface area (TPSA) is 26.0 Å². The van der Waals surface area contributed by atoms with Gasteiger partial charge in [-0.2, -0.15) is 0 Å². The maximum atomic E-state index is 13.0. The Hall–Kier alpha value is -0.600. The van der Waals surface area contributed by atoms with Gasteiger partial charge in [0.2, 0.25) is 0 Å². The maximum absolute atomic E-state index is 13.0. The van der Waals surface area contributed by atoms with Gasteiger partial charge in [-0.3, -0.25) is 0 Å². The molecular formula is C10H13ClFN. The second kappa shape index (κ2) is 3.64. The number of hydrogen-bond acceptors (Lipinski definition) is 1. The Labute approximate surface area is 82.7 Å². The van der Waals surface area contributed by atoms with Crippen molar-refractivity contribution in [2.75, 3.05) is 0 Å². The van der Waals surface area contributed by atoms with Gasteiger partial charge in [-0.1, -0.05) is 17.7 Å². The number of nitrogens with two attached hydrogens (primary N) is 1. The third kappa shape index (κ3) is 3.33. The third-order valence-electron chi connectivity index (χ3n) is 1.64. The van der Waals surface area contributed by atoms with Gasteiger partial charge in [-0.15, -0.1) is 0 Å². The minimum absolute atomic E-state index is 0.151. The van der Waals surface area contributed by atoms with E-state index in [4.69, 9.17) is 17.3 Å². The Morgan fingerprint density at radius 3 is 2.54 bits per heavy atom. The van der Waals surface area contributed by atoms with Gasteiger partial charge in [0, 0.05) is 5.54 Å². The molecule has 0 unspecified atom stereocenters. The van der Waals surface area contributed by atoms with Crippen molar-refractivity contribution in [1.29, 1.82) is 0 Å². The predicted molar refractivity (Wildman–Crippen MR) is 53.4 cm³/mol. The van der Waals surface area contributed by atoms with Gasteiger partial charge >= 0.3 is 0 Å². The standard InChI is InChI=1S/C10H13ClFN/c1-10(2,13)6-7-3-4-8(11)9(12)5-7/h3-5H,6,13H2,1-2H3. The zero-order chi connectivity index (χ0) is 10.1. The molecule has 0 saturated heterocycles. The maximum Gasteiger partial charge on any atom is 0.142 e. The third-order valence-corrected chi connectivity index (χ3v) is 1.95. The molecule has 2 N–H and O–H groups in total. The minimum atomic E-state index is -0.386. The van der Waals surface area contributed by atoms with E-state index in [1.807, 2.05) is 13.8 Å². The van der Waals surface area contributed by atoms with E-state index in [-0.39, 0.29) is 16.4 Å². The highest BCUT2D eigenvalue weighted by molar-refractivity contribution is 6.30. The lowest BCUT2D eigenvalue weighted by Crippen LogP contribution is -2.34. The highest BCUT2D eigenvalue weighted by Gasteiger charge is 2.12. The van der Waals surface area contributed by atoms with Crippen molar-refractivity contribution in [3.8, 4) is 0 Å². The van der Waals surface area contributed by atoms with Crippen LogP contribution in [0.2, 0.25) is 5.02 Å². The van der Waals surface area contributed by atoms with E-state index in [0.29, 0.717) is 6.42 Å². The molecule has 0 aliphatic rings. The normalized spacial score (nSPS) is 11.8. The summed E-state index contributed by atoms with van der Waals surface area (Å²) in [6, 6.07) is 4.77. The summed E-state index contributed by atoms with van der Waals surface area (Å²) in [6.45, 7) is 3.80. The summed E-state index contributed by atoms with van der Waals surface area (Å²) < 4.78 is 13.0. The van der Waals surface area contributed by atoms with Crippen LogP contribution in [0.25, 0.3) is 0 Å².